The van der Waals surface area contributed by atoms with Gasteiger partial charge in [-0.1, -0.05) is 0 Å². The Morgan fingerprint density at radius 2 is 2.40 bits per heavy atom. The molecule has 0 amide bonds. The molecule has 1 aromatic heterocycles. The maximum absolute atomic E-state index is 5.40. The SMILES string of the molecule is COCCOCC(C)NCc1cscn1. The van der Waals surface area contributed by atoms with E-state index in [0.29, 0.717) is 25.9 Å². The van der Waals surface area contributed by atoms with Crippen LogP contribution in [0.4, 0.5) is 0 Å². The quantitative estimate of drug-likeness (QED) is 0.683. The van der Waals surface area contributed by atoms with Crippen molar-refractivity contribution in [1.29, 1.82) is 0 Å². The molecule has 0 aromatic carbocycles. The summed E-state index contributed by atoms with van der Waals surface area (Å²) < 4.78 is 10.3. The standard InChI is InChI=1S/C10H18N2O2S/c1-9(6-14-4-3-13-2)11-5-10-7-15-8-12-10/h7-9,11H,3-6H2,1-2H3. The van der Waals surface area contributed by atoms with Gasteiger partial charge < -0.3 is 14.8 Å². The molecule has 1 unspecified atom stereocenters. The number of methoxy groups -OCH3 is 1. The smallest absolute Gasteiger partial charge is 0.0795 e. The molecule has 0 bridgehead atoms. The van der Waals surface area contributed by atoms with Gasteiger partial charge in [0.2, 0.25) is 0 Å². The minimum atomic E-state index is 0.337. The lowest BCUT2D eigenvalue weighted by molar-refractivity contribution is 0.0608. The summed E-state index contributed by atoms with van der Waals surface area (Å²) in [7, 11) is 1.67. The molecule has 1 N–H and O–H groups in total. The highest BCUT2D eigenvalue weighted by Gasteiger charge is 2.02. The Morgan fingerprint density at radius 3 is 3.07 bits per heavy atom. The van der Waals surface area contributed by atoms with Crippen LogP contribution in [0.2, 0.25) is 0 Å². The molecule has 1 rings (SSSR count). The zero-order valence-corrected chi connectivity index (χ0v) is 10.0. The fourth-order valence-corrected chi connectivity index (χ4v) is 1.62. The van der Waals surface area contributed by atoms with E-state index < -0.39 is 0 Å². The van der Waals surface area contributed by atoms with Gasteiger partial charge in [0, 0.05) is 25.1 Å². The predicted molar refractivity (Wildman–Crippen MR) is 61.1 cm³/mol. The van der Waals surface area contributed by atoms with Crippen LogP contribution in [0.1, 0.15) is 12.6 Å². The van der Waals surface area contributed by atoms with Crippen molar-refractivity contribution in [3.63, 3.8) is 0 Å². The summed E-state index contributed by atoms with van der Waals surface area (Å²) in [5, 5.41) is 5.39. The molecule has 0 saturated carbocycles. The predicted octanol–water partition coefficient (Wildman–Crippen LogP) is 1.28. The van der Waals surface area contributed by atoms with Gasteiger partial charge in [0.1, 0.15) is 0 Å². The zero-order valence-electron chi connectivity index (χ0n) is 9.23. The van der Waals surface area contributed by atoms with E-state index in [2.05, 4.69) is 17.2 Å². The van der Waals surface area contributed by atoms with Crippen LogP contribution in [0.25, 0.3) is 0 Å². The molecule has 0 spiro atoms. The fourth-order valence-electron chi connectivity index (χ4n) is 1.06. The Bertz CT molecular complexity index is 242. The first kappa shape index (κ1) is 12.6. The van der Waals surface area contributed by atoms with Crippen LogP contribution in [0.15, 0.2) is 10.9 Å². The van der Waals surface area contributed by atoms with Crippen LogP contribution < -0.4 is 5.32 Å². The average molecular weight is 230 g/mol. The summed E-state index contributed by atoms with van der Waals surface area (Å²) in [5.74, 6) is 0. The summed E-state index contributed by atoms with van der Waals surface area (Å²) in [6.07, 6.45) is 0. The van der Waals surface area contributed by atoms with E-state index >= 15 is 0 Å². The van der Waals surface area contributed by atoms with Crippen molar-refractivity contribution in [2.45, 2.75) is 19.5 Å². The number of hydrogen-bond donors (Lipinski definition) is 1. The maximum atomic E-state index is 5.40. The molecule has 4 nitrogen and oxygen atoms in total. The topological polar surface area (TPSA) is 43.4 Å². The molecule has 15 heavy (non-hydrogen) atoms. The third-order valence-corrected chi connectivity index (χ3v) is 2.55. The van der Waals surface area contributed by atoms with Crippen LogP contribution in [0.3, 0.4) is 0 Å². The van der Waals surface area contributed by atoms with Crippen LogP contribution >= 0.6 is 11.3 Å². The number of nitrogens with one attached hydrogen (secondary N) is 1. The van der Waals surface area contributed by atoms with Gasteiger partial charge in [-0.25, -0.2) is 4.98 Å². The highest BCUT2D eigenvalue weighted by Crippen LogP contribution is 2.00. The number of aromatic nitrogens is 1. The van der Waals surface area contributed by atoms with Crippen molar-refractivity contribution < 1.29 is 9.47 Å². The van der Waals surface area contributed by atoms with Crippen molar-refractivity contribution in [1.82, 2.24) is 10.3 Å². The molecule has 0 aliphatic rings. The van der Waals surface area contributed by atoms with Crippen LogP contribution in [0, 0.1) is 0 Å². The lowest BCUT2D eigenvalue weighted by atomic mass is 10.3. The van der Waals surface area contributed by atoms with Gasteiger partial charge in [0.25, 0.3) is 0 Å². The number of ether oxygens (including phenoxy) is 2. The number of rotatable bonds is 8. The van der Waals surface area contributed by atoms with Crippen molar-refractivity contribution in [3.8, 4) is 0 Å². The maximum Gasteiger partial charge on any atom is 0.0795 e. The first-order chi connectivity index (χ1) is 7.33. The van der Waals surface area contributed by atoms with Crippen molar-refractivity contribution in [2.75, 3.05) is 26.9 Å². The second kappa shape index (κ2) is 7.76. The van der Waals surface area contributed by atoms with E-state index in [9.17, 15) is 0 Å². The third-order valence-electron chi connectivity index (χ3n) is 1.91. The molecule has 5 heteroatoms. The molecule has 1 heterocycles. The molecule has 0 saturated heterocycles. The molecule has 0 radical (unpaired) electrons. The molecule has 86 valence electrons. The monoisotopic (exact) mass is 230 g/mol. The number of hydrogen-bond acceptors (Lipinski definition) is 5. The molecular formula is C10H18N2O2S. The Morgan fingerprint density at radius 1 is 1.53 bits per heavy atom. The van der Waals surface area contributed by atoms with Crippen molar-refractivity contribution in [2.24, 2.45) is 0 Å². The highest BCUT2D eigenvalue weighted by molar-refractivity contribution is 7.07. The summed E-state index contributed by atoms with van der Waals surface area (Å²) in [6, 6.07) is 0.337. The van der Waals surface area contributed by atoms with Crippen LogP contribution in [-0.4, -0.2) is 38.0 Å². The molecule has 1 aromatic rings. The molecule has 0 fully saturated rings. The largest absolute Gasteiger partial charge is 0.382 e. The van der Waals surface area contributed by atoms with E-state index in [4.69, 9.17) is 9.47 Å². The first-order valence-corrected chi connectivity index (χ1v) is 5.94. The van der Waals surface area contributed by atoms with Gasteiger partial charge in [-0.2, -0.15) is 0 Å². The summed E-state index contributed by atoms with van der Waals surface area (Å²) in [6.45, 7) is 4.91. The zero-order chi connectivity index (χ0) is 10.9. The van der Waals surface area contributed by atoms with Gasteiger partial charge in [0.15, 0.2) is 0 Å². The van der Waals surface area contributed by atoms with Crippen molar-refractivity contribution >= 4 is 11.3 Å². The van der Waals surface area contributed by atoms with Gasteiger partial charge in [0.05, 0.1) is 31.0 Å². The Kier molecular flexibility index (Phi) is 6.50. The Labute approximate surface area is 94.6 Å². The van der Waals surface area contributed by atoms with Gasteiger partial charge in [-0.05, 0) is 6.92 Å². The van der Waals surface area contributed by atoms with E-state index in [1.165, 1.54) is 0 Å². The normalized spacial score (nSPS) is 12.9. The van der Waals surface area contributed by atoms with E-state index in [-0.39, 0.29) is 0 Å². The van der Waals surface area contributed by atoms with Crippen LogP contribution in [0.5, 0.6) is 0 Å². The fraction of sp³-hybridized carbons (Fsp3) is 0.700. The third kappa shape index (κ3) is 5.84. The molecular weight excluding hydrogens is 212 g/mol. The van der Waals surface area contributed by atoms with E-state index in [1.54, 1.807) is 18.4 Å². The summed E-state index contributed by atoms with van der Waals surface area (Å²) in [4.78, 5) is 4.19. The number of nitrogens with zero attached hydrogens (tertiary/aromatic N) is 1. The van der Waals surface area contributed by atoms with Crippen molar-refractivity contribution in [3.05, 3.63) is 16.6 Å². The highest BCUT2D eigenvalue weighted by atomic mass is 32.1. The lowest BCUT2D eigenvalue weighted by Gasteiger charge is -2.12. The second-order valence-electron chi connectivity index (χ2n) is 3.33. The second-order valence-corrected chi connectivity index (χ2v) is 4.05. The molecule has 1 atom stereocenters. The Hall–Kier alpha value is -0.490. The number of thiazole rings is 1. The van der Waals surface area contributed by atoms with Gasteiger partial charge in [-0.15, -0.1) is 11.3 Å². The molecule has 0 aliphatic carbocycles. The first-order valence-electron chi connectivity index (χ1n) is 5.00. The molecule has 0 aliphatic heterocycles. The Balaban J connectivity index is 2.01. The van der Waals surface area contributed by atoms with Gasteiger partial charge in [-0.3, -0.25) is 0 Å². The van der Waals surface area contributed by atoms with Gasteiger partial charge >= 0.3 is 0 Å². The van der Waals surface area contributed by atoms with Crippen LogP contribution in [-0.2, 0) is 16.0 Å². The summed E-state index contributed by atoms with van der Waals surface area (Å²) in [5.41, 5.74) is 2.93. The van der Waals surface area contributed by atoms with E-state index in [0.717, 1.165) is 12.2 Å². The van der Waals surface area contributed by atoms with E-state index in [1.807, 2.05) is 10.9 Å². The minimum absolute atomic E-state index is 0.337. The lowest BCUT2D eigenvalue weighted by Crippen LogP contribution is -2.30. The summed E-state index contributed by atoms with van der Waals surface area (Å²) >= 11 is 1.62. The minimum Gasteiger partial charge on any atom is -0.382 e. The average Bonchev–Trinajstić information content (AvgIpc) is 2.74.